The summed E-state index contributed by atoms with van der Waals surface area (Å²) in [6, 6.07) is 13.4. The number of amides is 1. The van der Waals surface area contributed by atoms with Gasteiger partial charge in [-0.3, -0.25) is 4.79 Å². The smallest absolute Gasteiger partial charge is 0.232 e. The average Bonchev–Trinajstić information content (AvgIpc) is 2.79. The van der Waals surface area contributed by atoms with Gasteiger partial charge in [0.25, 0.3) is 0 Å². The SMILES string of the molecule is CC(=O)Nc1cccc(Nc2ncnc(NC3CCC(Oc4ccc(Cl)cc4)CC3)n2)c1C. The third-order valence-corrected chi connectivity index (χ3v) is 5.84. The largest absolute Gasteiger partial charge is 0.490 e. The molecule has 2 aromatic carbocycles. The van der Waals surface area contributed by atoms with E-state index in [0.717, 1.165) is 48.4 Å². The van der Waals surface area contributed by atoms with Gasteiger partial charge in [-0.1, -0.05) is 17.7 Å². The van der Waals surface area contributed by atoms with Gasteiger partial charge in [0, 0.05) is 29.4 Å². The number of carbonyl (C=O) groups excluding carboxylic acids is 1. The second kappa shape index (κ2) is 10.5. The van der Waals surface area contributed by atoms with E-state index in [1.165, 1.54) is 13.3 Å². The molecule has 1 amide bonds. The van der Waals surface area contributed by atoms with Gasteiger partial charge in [0.1, 0.15) is 12.1 Å². The summed E-state index contributed by atoms with van der Waals surface area (Å²) in [6.07, 6.45) is 5.51. The first-order valence-corrected chi connectivity index (χ1v) is 11.4. The molecule has 0 radical (unpaired) electrons. The topological polar surface area (TPSA) is 101 Å². The van der Waals surface area contributed by atoms with Crippen LogP contribution in [0.1, 0.15) is 38.2 Å². The van der Waals surface area contributed by atoms with Crippen LogP contribution in [0.25, 0.3) is 0 Å². The summed E-state index contributed by atoms with van der Waals surface area (Å²) < 4.78 is 6.08. The predicted octanol–water partition coefficient (Wildman–Crippen LogP) is 5.34. The van der Waals surface area contributed by atoms with Crippen molar-refractivity contribution in [2.45, 2.75) is 51.7 Å². The molecule has 3 N–H and O–H groups in total. The number of carbonyl (C=O) groups is 1. The Labute approximate surface area is 198 Å². The molecule has 1 heterocycles. The minimum Gasteiger partial charge on any atom is -0.490 e. The van der Waals surface area contributed by atoms with Crippen LogP contribution in [0.2, 0.25) is 5.02 Å². The summed E-state index contributed by atoms with van der Waals surface area (Å²) in [6.45, 7) is 3.42. The minimum absolute atomic E-state index is 0.116. The number of nitrogens with one attached hydrogen (secondary N) is 3. The first-order valence-electron chi connectivity index (χ1n) is 11.0. The fourth-order valence-electron chi connectivity index (χ4n) is 3.86. The number of ether oxygens (including phenoxy) is 1. The highest BCUT2D eigenvalue weighted by Crippen LogP contribution is 2.27. The maximum atomic E-state index is 11.4. The van der Waals surface area contributed by atoms with Crippen LogP contribution in [-0.4, -0.2) is 33.0 Å². The van der Waals surface area contributed by atoms with Gasteiger partial charge in [-0.25, -0.2) is 9.97 Å². The molecule has 0 unspecified atom stereocenters. The van der Waals surface area contributed by atoms with Crippen LogP contribution in [0.3, 0.4) is 0 Å². The predicted molar refractivity (Wildman–Crippen MR) is 130 cm³/mol. The maximum Gasteiger partial charge on any atom is 0.232 e. The zero-order valence-corrected chi connectivity index (χ0v) is 19.4. The van der Waals surface area contributed by atoms with Gasteiger partial charge >= 0.3 is 0 Å². The minimum atomic E-state index is -0.116. The number of rotatable bonds is 7. The molecule has 9 heteroatoms. The summed E-state index contributed by atoms with van der Waals surface area (Å²) in [4.78, 5) is 24.4. The molecule has 1 saturated carbocycles. The van der Waals surface area contributed by atoms with E-state index in [2.05, 4.69) is 30.9 Å². The fraction of sp³-hybridized carbons (Fsp3) is 0.333. The van der Waals surface area contributed by atoms with Crippen LogP contribution in [-0.2, 0) is 4.79 Å². The van der Waals surface area contributed by atoms with Gasteiger partial charge in [-0.2, -0.15) is 4.98 Å². The second-order valence-corrected chi connectivity index (χ2v) is 8.54. The van der Waals surface area contributed by atoms with Gasteiger partial charge in [0.05, 0.1) is 6.10 Å². The number of hydrogen-bond acceptors (Lipinski definition) is 7. The molecule has 172 valence electrons. The van der Waals surface area contributed by atoms with Crippen molar-refractivity contribution < 1.29 is 9.53 Å². The van der Waals surface area contributed by atoms with E-state index in [9.17, 15) is 4.79 Å². The van der Waals surface area contributed by atoms with Crippen LogP contribution >= 0.6 is 11.6 Å². The van der Waals surface area contributed by atoms with Crippen molar-refractivity contribution in [3.63, 3.8) is 0 Å². The van der Waals surface area contributed by atoms with Crippen molar-refractivity contribution in [3.05, 3.63) is 59.4 Å². The van der Waals surface area contributed by atoms with Crippen LogP contribution in [0, 0.1) is 6.92 Å². The van der Waals surface area contributed by atoms with E-state index < -0.39 is 0 Å². The monoisotopic (exact) mass is 466 g/mol. The number of anilines is 4. The molecule has 1 fully saturated rings. The quantitative estimate of drug-likeness (QED) is 0.432. The Kier molecular flexibility index (Phi) is 7.24. The molecule has 0 spiro atoms. The zero-order valence-electron chi connectivity index (χ0n) is 18.6. The van der Waals surface area contributed by atoms with E-state index in [4.69, 9.17) is 16.3 Å². The number of hydrogen-bond donors (Lipinski definition) is 3. The molecule has 4 rings (SSSR count). The molecule has 0 atom stereocenters. The number of nitrogens with zero attached hydrogens (tertiary/aromatic N) is 3. The van der Waals surface area contributed by atoms with Gasteiger partial charge in [-0.05, 0) is 74.6 Å². The molecule has 1 aliphatic carbocycles. The Balaban J connectivity index is 1.33. The summed E-state index contributed by atoms with van der Waals surface area (Å²) >= 11 is 5.94. The molecule has 0 aliphatic heterocycles. The molecule has 0 saturated heterocycles. The van der Waals surface area contributed by atoms with Crippen LogP contribution in [0.4, 0.5) is 23.3 Å². The van der Waals surface area contributed by atoms with Crippen molar-refractivity contribution in [1.29, 1.82) is 0 Å². The summed E-state index contributed by atoms with van der Waals surface area (Å²) in [5.41, 5.74) is 2.47. The molecule has 33 heavy (non-hydrogen) atoms. The Morgan fingerprint density at radius 2 is 1.70 bits per heavy atom. The average molecular weight is 467 g/mol. The highest BCUT2D eigenvalue weighted by Gasteiger charge is 2.23. The molecule has 1 aliphatic rings. The Morgan fingerprint density at radius 3 is 2.42 bits per heavy atom. The number of halogens is 1. The number of benzene rings is 2. The van der Waals surface area contributed by atoms with Gasteiger partial charge in [-0.15, -0.1) is 0 Å². The molecular formula is C24H27ClN6O2. The first-order chi connectivity index (χ1) is 16.0. The van der Waals surface area contributed by atoms with Crippen molar-refractivity contribution >= 4 is 40.8 Å². The Bertz CT molecular complexity index is 1100. The lowest BCUT2D eigenvalue weighted by molar-refractivity contribution is -0.114. The van der Waals surface area contributed by atoms with Crippen molar-refractivity contribution in [1.82, 2.24) is 15.0 Å². The van der Waals surface area contributed by atoms with Gasteiger partial charge in [0.15, 0.2) is 0 Å². The normalized spacial score (nSPS) is 17.8. The molecule has 3 aromatic rings. The third kappa shape index (κ3) is 6.32. The molecule has 1 aromatic heterocycles. The lowest BCUT2D eigenvalue weighted by Gasteiger charge is -2.29. The fourth-order valence-corrected chi connectivity index (χ4v) is 3.98. The van der Waals surface area contributed by atoms with Crippen molar-refractivity contribution in [2.75, 3.05) is 16.0 Å². The highest BCUT2D eigenvalue weighted by molar-refractivity contribution is 6.30. The standard InChI is InChI=1S/C24H27ClN6O2/c1-15-21(28-16(2)32)4-3-5-22(15)30-24-27-14-26-23(31-24)29-18-8-12-20(13-9-18)33-19-10-6-17(25)7-11-19/h3-7,10-11,14,18,20H,8-9,12-13H2,1-2H3,(H,28,32)(H2,26,27,29,30,31). The van der Waals surface area contributed by atoms with Gasteiger partial charge in [0.2, 0.25) is 17.8 Å². The Morgan fingerprint density at radius 1 is 1.00 bits per heavy atom. The van der Waals surface area contributed by atoms with E-state index in [-0.39, 0.29) is 18.1 Å². The third-order valence-electron chi connectivity index (χ3n) is 5.59. The number of aromatic nitrogens is 3. The molecule has 8 nitrogen and oxygen atoms in total. The first kappa shape index (κ1) is 22.8. The second-order valence-electron chi connectivity index (χ2n) is 8.11. The van der Waals surface area contributed by atoms with E-state index in [1.54, 1.807) is 0 Å². The molecule has 0 bridgehead atoms. The summed E-state index contributed by atoms with van der Waals surface area (Å²) in [7, 11) is 0. The van der Waals surface area contributed by atoms with Crippen molar-refractivity contribution in [3.8, 4) is 5.75 Å². The Hall–Kier alpha value is -3.39. The summed E-state index contributed by atoms with van der Waals surface area (Å²) in [5.74, 6) is 1.71. The van der Waals surface area contributed by atoms with Crippen LogP contribution in [0.5, 0.6) is 5.75 Å². The molecular weight excluding hydrogens is 440 g/mol. The van der Waals surface area contributed by atoms with Gasteiger partial charge < -0.3 is 20.7 Å². The van der Waals surface area contributed by atoms with Crippen LogP contribution in [0.15, 0.2) is 48.8 Å². The van der Waals surface area contributed by atoms with E-state index in [1.807, 2.05) is 49.4 Å². The van der Waals surface area contributed by atoms with Crippen molar-refractivity contribution in [2.24, 2.45) is 0 Å². The highest BCUT2D eigenvalue weighted by atomic mass is 35.5. The van der Waals surface area contributed by atoms with Crippen LogP contribution < -0.4 is 20.7 Å². The lowest BCUT2D eigenvalue weighted by Crippen LogP contribution is -2.31. The zero-order chi connectivity index (χ0) is 23.2. The summed E-state index contributed by atoms with van der Waals surface area (Å²) in [5, 5.41) is 10.2. The maximum absolute atomic E-state index is 11.4. The lowest BCUT2D eigenvalue weighted by atomic mass is 9.93. The van der Waals surface area contributed by atoms with E-state index >= 15 is 0 Å². The van der Waals surface area contributed by atoms with E-state index in [0.29, 0.717) is 16.9 Å².